The number of benzene rings is 4. The van der Waals surface area contributed by atoms with Crippen LogP contribution in [0.3, 0.4) is 0 Å². The van der Waals surface area contributed by atoms with Crippen LogP contribution < -0.4 is 24.5 Å². The summed E-state index contributed by atoms with van der Waals surface area (Å²) in [6, 6.07) is 17.3. The molecule has 0 saturated carbocycles. The summed E-state index contributed by atoms with van der Waals surface area (Å²) in [5.41, 5.74) is 1.43. The van der Waals surface area contributed by atoms with Gasteiger partial charge in [-0.1, -0.05) is 18.2 Å². The highest BCUT2D eigenvalue weighted by Crippen LogP contribution is 2.44. The summed E-state index contributed by atoms with van der Waals surface area (Å²) >= 11 is 0. The van der Waals surface area contributed by atoms with Gasteiger partial charge in [-0.15, -0.1) is 0 Å². The Morgan fingerprint density at radius 2 is 1.50 bits per heavy atom. The van der Waals surface area contributed by atoms with Gasteiger partial charge in [0.05, 0.1) is 12.3 Å². The molecule has 1 aliphatic carbocycles. The zero-order valence-corrected chi connectivity index (χ0v) is 23.6. The van der Waals surface area contributed by atoms with E-state index in [1.54, 1.807) is 6.07 Å². The van der Waals surface area contributed by atoms with Crippen LogP contribution in [-0.2, 0) is 0 Å². The Kier molecular flexibility index (Phi) is 8.47. The summed E-state index contributed by atoms with van der Waals surface area (Å²) in [4.78, 5) is 14.2. The molecule has 0 saturated heterocycles. The fourth-order valence-electron chi connectivity index (χ4n) is 4.97. The first-order valence-corrected chi connectivity index (χ1v) is 13.8. The number of phenolic OH excluding ortho intramolecular Hbond substituents is 1. The minimum absolute atomic E-state index is 0.103. The van der Waals surface area contributed by atoms with Gasteiger partial charge in [0.2, 0.25) is 5.43 Å². The lowest BCUT2D eigenvalue weighted by atomic mass is 9.93. The third-order valence-corrected chi connectivity index (χ3v) is 6.94. The highest BCUT2D eigenvalue weighted by atomic mass is 19.1. The van der Waals surface area contributed by atoms with Crippen molar-refractivity contribution in [1.82, 2.24) is 0 Å². The van der Waals surface area contributed by atoms with Crippen molar-refractivity contribution in [3.05, 3.63) is 88.6 Å². The summed E-state index contributed by atoms with van der Waals surface area (Å²) in [7, 11) is 0. The zero-order chi connectivity index (χ0) is 29.8. The molecule has 0 bridgehead atoms. The van der Waals surface area contributed by atoms with Crippen molar-refractivity contribution in [2.75, 3.05) is 37.8 Å². The fraction of sp³-hybridized carbons (Fsp3) is 0.242. The molecule has 0 fully saturated rings. The Hall–Kier alpha value is -4.79. The molecule has 1 N–H and O–H groups in total. The lowest BCUT2D eigenvalue weighted by molar-refractivity contribution is 0.208. The smallest absolute Gasteiger partial charge is 0.217 e. The molecule has 1 heterocycles. The van der Waals surface area contributed by atoms with Crippen LogP contribution in [0.4, 0.5) is 14.5 Å². The highest BCUT2D eigenvalue weighted by molar-refractivity contribution is 6.02. The maximum atomic E-state index is 14.6. The van der Waals surface area contributed by atoms with Gasteiger partial charge >= 0.3 is 0 Å². The highest BCUT2D eigenvalue weighted by Gasteiger charge is 2.22. The maximum Gasteiger partial charge on any atom is 0.217 e. The number of aromatic hydroxyl groups is 1. The molecular weight excluding hydrogens is 544 g/mol. The monoisotopic (exact) mass is 575 g/mol. The SMILES string of the molecule is CCOc1ccccc1OCCOc1cc(-c2c3cc(F)c(=O)cc-3oc3cc(O)c(F)cc23)ccc1N(CC)CC. The Morgan fingerprint density at radius 1 is 0.810 bits per heavy atom. The quantitative estimate of drug-likeness (QED) is 0.131. The average molecular weight is 576 g/mol. The molecule has 0 amide bonds. The van der Waals surface area contributed by atoms with Gasteiger partial charge in [0.15, 0.2) is 28.9 Å². The van der Waals surface area contributed by atoms with Gasteiger partial charge in [-0.3, -0.25) is 4.79 Å². The predicted molar refractivity (Wildman–Crippen MR) is 158 cm³/mol. The predicted octanol–water partition coefficient (Wildman–Crippen LogP) is 7.25. The first-order valence-electron chi connectivity index (χ1n) is 13.8. The molecule has 9 heteroatoms. The zero-order valence-electron chi connectivity index (χ0n) is 23.6. The molecule has 0 unspecified atom stereocenters. The van der Waals surface area contributed by atoms with E-state index in [9.17, 15) is 18.7 Å². The Labute approximate surface area is 241 Å². The van der Waals surface area contributed by atoms with Crippen LogP contribution in [0.2, 0.25) is 0 Å². The van der Waals surface area contributed by atoms with E-state index >= 15 is 0 Å². The summed E-state index contributed by atoms with van der Waals surface area (Å²) in [6.45, 7) is 8.38. The molecule has 3 aromatic rings. The van der Waals surface area contributed by atoms with Crippen LogP contribution >= 0.6 is 0 Å². The standard InChI is InChI=1S/C33H31F2NO6/c1-4-36(5-2)25-12-11-20(15-32(25)41-14-13-40-29-10-8-7-9-28(29)39-6-3)33-21-16-23(34)26(37)18-30(21)42-31-19-27(38)24(35)17-22(31)33/h7-12,15-19,37H,4-6,13-14H2,1-3H3. The van der Waals surface area contributed by atoms with Crippen molar-refractivity contribution >= 4 is 16.7 Å². The molecule has 0 radical (unpaired) electrons. The molecule has 1 aliphatic heterocycles. The minimum Gasteiger partial charge on any atom is -0.505 e. The third kappa shape index (κ3) is 5.68. The van der Waals surface area contributed by atoms with E-state index in [0.29, 0.717) is 40.4 Å². The summed E-state index contributed by atoms with van der Waals surface area (Å²) < 4.78 is 52.7. The molecule has 0 atom stereocenters. The van der Waals surface area contributed by atoms with Crippen molar-refractivity contribution in [2.45, 2.75) is 20.8 Å². The van der Waals surface area contributed by atoms with Crippen LogP contribution in [0.1, 0.15) is 20.8 Å². The van der Waals surface area contributed by atoms with Gasteiger partial charge in [0, 0.05) is 41.7 Å². The number of halogens is 2. The number of fused-ring (bicyclic) bond motifs is 2. The summed E-state index contributed by atoms with van der Waals surface area (Å²) in [6.07, 6.45) is 0. The van der Waals surface area contributed by atoms with Crippen molar-refractivity contribution in [3.63, 3.8) is 0 Å². The number of hydrogen-bond donors (Lipinski definition) is 1. The first kappa shape index (κ1) is 28.7. The fourth-order valence-corrected chi connectivity index (χ4v) is 4.97. The molecular formula is C33H31F2NO6. The molecule has 3 aromatic carbocycles. The topological polar surface area (TPSA) is 81.4 Å². The van der Waals surface area contributed by atoms with E-state index in [4.69, 9.17) is 18.6 Å². The molecule has 0 aromatic heterocycles. The van der Waals surface area contributed by atoms with E-state index in [0.717, 1.165) is 43.0 Å². The first-order chi connectivity index (χ1) is 20.3. The number of hydrogen-bond acceptors (Lipinski definition) is 7. The van der Waals surface area contributed by atoms with E-state index < -0.39 is 22.8 Å². The lowest BCUT2D eigenvalue weighted by Gasteiger charge is -2.25. The molecule has 7 nitrogen and oxygen atoms in total. The molecule has 42 heavy (non-hydrogen) atoms. The van der Waals surface area contributed by atoms with Crippen LogP contribution in [0.25, 0.3) is 33.4 Å². The largest absolute Gasteiger partial charge is 0.505 e. The number of para-hydroxylation sites is 2. The number of anilines is 1. The Morgan fingerprint density at radius 3 is 2.19 bits per heavy atom. The second-order valence-corrected chi connectivity index (χ2v) is 9.49. The van der Waals surface area contributed by atoms with E-state index in [-0.39, 0.29) is 30.1 Å². The Balaban J connectivity index is 1.57. The normalized spacial score (nSPS) is 11.2. The number of phenols is 1. The van der Waals surface area contributed by atoms with Gasteiger partial charge in [-0.05, 0) is 62.7 Å². The summed E-state index contributed by atoms with van der Waals surface area (Å²) in [5.74, 6) is -0.528. The second-order valence-electron chi connectivity index (χ2n) is 9.49. The molecule has 0 spiro atoms. The van der Waals surface area contributed by atoms with E-state index in [1.807, 2.05) is 57.2 Å². The van der Waals surface area contributed by atoms with Gasteiger partial charge in [0.25, 0.3) is 0 Å². The van der Waals surface area contributed by atoms with Gasteiger partial charge in [-0.2, -0.15) is 0 Å². The Bertz CT molecular complexity index is 1750. The van der Waals surface area contributed by atoms with Crippen LogP contribution in [0.5, 0.6) is 23.0 Å². The molecule has 218 valence electrons. The maximum absolute atomic E-state index is 14.6. The number of ether oxygens (including phenoxy) is 3. The second kappa shape index (κ2) is 12.4. The van der Waals surface area contributed by atoms with Crippen molar-refractivity contribution in [2.24, 2.45) is 0 Å². The van der Waals surface area contributed by atoms with Crippen molar-refractivity contribution < 1.29 is 32.5 Å². The molecule has 2 aliphatic rings. The van der Waals surface area contributed by atoms with Crippen LogP contribution in [0.15, 0.2) is 75.9 Å². The number of nitrogens with zero attached hydrogens (tertiary/aromatic N) is 1. The minimum atomic E-state index is -0.960. The van der Waals surface area contributed by atoms with Gasteiger partial charge < -0.3 is 28.6 Å². The van der Waals surface area contributed by atoms with Crippen molar-refractivity contribution in [1.29, 1.82) is 0 Å². The average Bonchev–Trinajstić information content (AvgIpc) is 2.98. The van der Waals surface area contributed by atoms with E-state index in [1.165, 1.54) is 0 Å². The van der Waals surface area contributed by atoms with Crippen LogP contribution in [0, 0.1) is 11.6 Å². The third-order valence-electron chi connectivity index (χ3n) is 6.94. The van der Waals surface area contributed by atoms with Gasteiger partial charge in [-0.25, -0.2) is 8.78 Å². The molecule has 5 rings (SSSR count). The lowest BCUT2D eigenvalue weighted by Crippen LogP contribution is -2.23. The van der Waals surface area contributed by atoms with E-state index in [2.05, 4.69) is 4.90 Å². The van der Waals surface area contributed by atoms with Crippen LogP contribution in [-0.4, -0.2) is 38.0 Å². The van der Waals surface area contributed by atoms with Crippen molar-refractivity contribution in [3.8, 4) is 45.4 Å². The number of rotatable bonds is 11. The van der Waals surface area contributed by atoms with Gasteiger partial charge in [0.1, 0.15) is 30.3 Å². The summed E-state index contributed by atoms with van der Waals surface area (Å²) in [5, 5.41) is 10.3.